The number of hydrogen-bond acceptors (Lipinski definition) is 2. The van der Waals surface area contributed by atoms with E-state index in [9.17, 15) is 4.79 Å². The summed E-state index contributed by atoms with van der Waals surface area (Å²) in [7, 11) is 0. The summed E-state index contributed by atoms with van der Waals surface area (Å²) >= 11 is 0. The van der Waals surface area contributed by atoms with Crippen LogP contribution in [0, 0.1) is 11.8 Å². The van der Waals surface area contributed by atoms with E-state index in [1.807, 2.05) is 0 Å². The second-order valence-corrected chi connectivity index (χ2v) is 6.60. The van der Waals surface area contributed by atoms with Crippen molar-refractivity contribution in [2.75, 3.05) is 0 Å². The second kappa shape index (κ2) is 7.91. The lowest BCUT2D eigenvalue weighted by atomic mass is 9.81. The first-order valence-corrected chi connectivity index (χ1v) is 8.49. The van der Waals surface area contributed by atoms with Gasteiger partial charge >= 0.3 is 5.97 Å². The van der Waals surface area contributed by atoms with Crippen molar-refractivity contribution in [3.8, 4) is 0 Å². The Balaban J connectivity index is 1.79. The first-order valence-electron chi connectivity index (χ1n) is 8.49. The maximum Gasteiger partial charge on any atom is 0.313 e. The van der Waals surface area contributed by atoms with Crippen LogP contribution in [0.5, 0.6) is 0 Å². The van der Waals surface area contributed by atoms with Crippen LogP contribution >= 0.6 is 0 Å². The van der Waals surface area contributed by atoms with Crippen LogP contribution < -0.4 is 0 Å². The van der Waals surface area contributed by atoms with Crippen LogP contribution in [-0.4, -0.2) is 12.1 Å². The molecule has 2 aliphatic rings. The lowest BCUT2D eigenvalue weighted by Gasteiger charge is -2.39. The molecular weight excluding hydrogens is 236 g/mol. The van der Waals surface area contributed by atoms with Gasteiger partial charge in [-0.05, 0) is 18.8 Å². The Hall–Kier alpha value is -0.530. The Morgan fingerprint density at radius 3 is 1.79 bits per heavy atom. The fraction of sp³-hybridized carbons (Fsp3) is 0.941. The van der Waals surface area contributed by atoms with Crippen molar-refractivity contribution in [3.63, 3.8) is 0 Å². The molecule has 1 aliphatic carbocycles. The molecule has 1 saturated heterocycles. The van der Waals surface area contributed by atoms with Gasteiger partial charge in [0.25, 0.3) is 0 Å². The van der Waals surface area contributed by atoms with E-state index < -0.39 is 0 Å². The van der Waals surface area contributed by atoms with Crippen molar-refractivity contribution >= 4 is 5.97 Å². The van der Waals surface area contributed by atoms with E-state index in [4.69, 9.17) is 4.74 Å². The fourth-order valence-corrected chi connectivity index (χ4v) is 3.57. The van der Waals surface area contributed by atoms with Crippen LogP contribution in [0.3, 0.4) is 0 Å². The third kappa shape index (κ3) is 4.50. The number of carbonyl (C=O) groups excluding carboxylic acids is 1. The van der Waals surface area contributed by atoms with Gasteiger partial charge in [0.15, 0.2) is 0 Å². The summed E-state index contributed by atoms with van der Waals surface area (Å²) in [5.41, 5.74) is 0. The molecule has 0 aromatic heterocycles. The molecule has 110 valence electrons. The molecule has 3 atom stereocenters. The van der Waals surface area contributed by atoms with E-state index in [0.717, 1.165) is 6.42 Å². The highest BCUT2D eigenvalue weighted by Crippen LogP contribution is 2.35. The van der Waals surface area contributed by atoms with Crippen molar-refractivity contribution in [2.24, 2.45) is 11.8 Å². The molecule has 3 unspecified atom stereocenters. The zero-order valence-corrected chi connectivity index (χ0v) is 12.5. The topological polar surface area (TPSA) is 26.3 Å². The quantitative estimate of drug-likeness (QED) is 0.585. The van der Waals surface area contributed by atoms with E-state index in [1.54, 1.807) is 0 Å². The van der Waals surface area contributed by atoms with Crippen LogP contribution in [0.15, 0.2) is 0 Å². The molecule has 1 heterocycles. The Bertz CT molecular complexity index is 274. The summed E-state index contributed by atoms with van der Waals surface area (Å²) in [6, 6.07) is 0. The molecule has 2 nitrogen and oxygen atoms in total. The minimum Gasteiger partial charge on any atom is -0.461 e. The van der Waals surface area contributed by atoms with E-state index in [0.29, 0.717) is 5.92 Å². The monoisotopic (exact) mass is 266 g/mol. The third-order valence-corrected chi connectivity index (χ3v) is 4.94. The van der Waals surface area contributed by atoms with Gasteiger partial charge in [0.05, 0.1) is 5.92 Å². The van der Waals surface area contributed by atoms with Gasteiger partial charge in [0, 0.05) is 0 Å². The smallest absolute Gasteiger partial charge is 0.313 e. The molecule has 2 heteroatoms. The summed E-state index contributed by atoms with van der Waals surface area (Å²) in [5.74, 6) is 0.856. The fourth-order valence-electron chi connectivity index (χ4n) is 3.57. The van der Waals surface area contributed by atoms with Gasteiger partial charge in [-0.2, -0.15) is 0 Å². The Kier molecular flexibility index (Phi) is 6.19. The molecule has 0 aromatic rings. The molecule has 2 rings (SSSR count). The van der Waals surface area contributed by atoms with Crippen LogP contribution in [0.2, 0.25) is 0 Å². The number of esters is 1. The van der Waals surface area contributed by atoms with Gasteiger partial charge in [-0.25, -0.2) is 0 Å². The highest BCUT2D eigenvalue weighted by Gasteiger charge is 2.44. The molecule has 0 radical (unpaired) electrons. The van der Waals surface area contributed by atoms with Gasteiger partial charge in [0.1, 0.15) is 6.10 Å². The van der Waals surface area contributed by atoms with Crippen LogP contribution in [0.4, 0.5) is 0 Å². The van der Waals surface area contributed by atoms with Crippen LogP contribution in [0.25, 0.3) is 0 Å². The first-order chi connectivity index (χ1) is 9.29. The maximum atomic E-state index is 11.6. The minimum atomic E-state index is 0.0705. The van der Waals surface area contributed by atoms with Gasteiger partial charge in [0.2, 0.25) is 0 Å². The summed E-state index contributed by atoms with van der Waals surface area (Å²) in [6.07, 6.45) is 16.1. The highest BCUT2D eigenvalue weighted by molar-refractivity contribution is 5.78. The SMILES string of the molecule is CC1CCCCCCCCCCCCC2C(=O)OC12. The minimum absolute atomic E-state index is 0.0705. The number of fused-ring (bicyclic) bond motifs is 1. The molecule has 2 fully saturated rings. The molecule has 1 saturated carbocycles. The van der Waals surface area contributed by atoms with Crippen molar-refractivity contribution in [1.82, 2.24) is 0 Å². The standard InChI is InChI=1S/C17H30O2/c1-14-12-10-8-6-4-2-3-5-7-9-11-13-15-16(14)19-17(15)18/h14-16H,2-13H2,1H3. The predicted octanol–water partition coefficient (Wildman–Crippen LogP) is 4.86. The van der Waals surface area contributed by atoms with Crippen LogP contribution in [-0.2, 0) is 9.53 Å². The molecule has 0 amide bonds. The van der Waals surface area contributed by atoms with Crippen molar-refractivity contribution in [1.29, 1.82) is 0 Å². The summed E-state index contributed by atoms with van der Waals surface area (Å²) in [5, 5.41) is 0. The van der Waals surface area contributed by atoms with Crippen molar-refractivity contribution in [2.45, 2.75) is 90.1 Å². The molecule has 0 spiro atoms. The largest absolute Gasteiger partial charge is 0.461 e. The van der Waals surface area contributed by atoms with Gasteiger partial charge in [-0.15, -0.1) is 0 Å². The van der Waals surface area contributed by atoms with Gasteiger partial charge in [-0.1, -0.05) is 71.1 Å². The van der Waals surface area contributed by atoms with E-state index in [1.165, 1.54) is 70.6 Å². The molecule has 0 aromatic carbocycles. The number of ether oxygens (including phenoxy) is 1. The summed E-state index contributed by atoms with van der Waals surface area (Å²) in [6.45, 7) is 2.27. The number of hydrogen-bond donors (Lipinski definition) is 0. The zero-order chi connectivity index (χ0) is 13.5. The van der Waals surface area contributed by atoms with Crippen LogP contribution in [0.1, 0.15) is 84.0 Å². The zero-order valence-electron chi connectivity index (χ0n) is 12.5. The first kappa shape index (κ1) is 14.9. The highest BCUT2D eigenvalue weighted by atomic mass is 16.6. The van der Waals surface area contributed by atoms with Gasteiger partial charge in [-0.3, -0.25) is 4.79 Å². The van der Waals surface area contributed by atoms with E-state index >= 15 is 0 Å². The second-order valence-electron chi connectivity index (χ2n) is 6.60. The lowest BCUT2D eigenvalue weighted by molar-refractivity contribution is -0.192. The Morgan fingerprint density at radius 1 is 0.789 bits per heavy atom. The summed E-state index contributed by atoms with van der Waals surface area (Å²) in [4.78, 5) is 11.6. The van der Waals surface area contributed by atoms with Crippen molar-refractivity contribution < 1.29 is 9.53 Å². The molecular formula is C17H30O2. The Labute approximate surface area is 118 Å². The normalized spacial score (nSPS) is 35.2. The lowest BCUT2D eigenvalue weighted by Crippen LogP contribution is -2.48. The number of rotatable bonds is 0. The third-order valence-electron chi connectivity index (χ3n) is 4.94. The van der Waals surface area contributed by atoms with E-state index in [2.05, 4.69) is 6.92 Å². The Morgan fingerprint density at radius 2 is 1.26 bits per heavy atom. The van der Waals surface area contributed by atoms with E-state index in [-0.39, 0.29) is 18.0 Å². The summed E-state index contributed by atoms with van der Waals surface area (Å²) < 4.78 is 5.40. The van der Waals surface area contributed by atoms with Crippen molar-refractivity contribution in [3.05, 3.63) is 0 Å². The van der Waals surface area contributed by atoms with Gasteiger partial charge < -0.3 is 4.74 Å². The molecule has 19 heavy (non-hydrogen) atoms. The number of carbonyl (C=O) groups is 1. The average Bonchev–Trinajstić information content (AvgIpc) is 2.40. The molecule has 0 bridgehead atoms. The molecule has 0 N–H and O–H groups in total. The maximum absolute atomic E-state index is 11.6. The average molecular weight is 266 g/mol. The molecule has 1 aliphatic heterocycles. The predicted molar refractivity (Wildman–Crippen MR) is 77.9 cm³/mol.